The summed E-state index contributed by atoms with van der Waals surface area (Å²) in [7, 11) is 0. The highest BCUT2D eigenvalue weighted by atomic mass is 32.1. The number of carbonyl (C=O) groups is 2. The molecule has 2 aromatic heterocycles. The Hall–Kier alpha value is -2.22. The van der Waals surface area contributed by atoms with Gasteiger partial charge in [0.15, 0.2) is 0 Å². The van der Waals surface area contributed by atoms with Crippen molar-refractivity contribution in [1.82, 2.24) is 19.8 Å². The zero-order valence-electron chi connectivity index (χ0n) is 17.5. The van der Waals surface area contributed by atoms with Crippen molar-refractivity contribution in [2.45, 2.75) is 71.9 Å². The van der Waals surface area contributed by atoms with Gasteiger partial charge in [0.05, 0.1) is 16.6 Å². The summed E-state index contributed by atoms with van der Waals surface area (Å²) in [5.74, 6) is -0.236. The number of hydrogen-bond donors (Lipinski definition) is 1. The van der Waals surface area contributed by atoms with Crippen LogP contribution < -0.4 is 10.9 Å². The minimum absolute atomic E-state index is 0.0393. The third kappa shape index (κ3) is 4.69. The summed E-state index contributed by atoms with van der Waals surface area (Å²) in [4.78, 5) is 45.4. The van der Waals surface area contributed by atoms with Crippen molar-refractivity contribution < 1.29 is 9.59 Å². The first kappa shape index (κ1) is 21.5. The van der Waals surface area contributed by atoms with Crippen molar-refractivity contribution in [3.8, 4) is 0 Å². The Kier molecular flexibility index (Phi) is 7.05. The molecule has 0 bridgehead atoms. The molecule has 1 aliphatic carbocycles. The number of carbonyl (C=O) groups excluding carboxylic acids is 2. The van der Waals surface area contributed by atoms with Gasteiger partial charge < -0.3 is 10.2 Å². The van der Waals surface area contributed by atoms with Crippen molar-refractivity contribution in [2.24, 2.45) is 0 Å². The minimum atomic E-state index is -0.266. The number of nitrogens with one attached hydrogen (secondary N) is 1. The van der Waals surface area contributed by atoms with E-state index in [1.165, 1.54) is 35.1 Å². The van der Waals surface area contributed by atoms with E-state index in [0.717, 1.165) is 25.7 Å². The Morgan fingerprint density at radius 1 is 1.21 bits per heavy atom. The van der Waals surface area contributed by atoms with E-state index in [2.05, 4.69) is 10.3 Å². The fourth-order valence-electron chi connectivity index (χ4n) is 3.99. The van der Waals surface area contributed by atoms with Crippen molar-refractivity contribution >= 4 is 33.4 Å². The fourth-order valence-corrected chi connectivity index (χ4v) is 5.03. The van der Waals surface area contributed by atoms with Crippen molar-refractivity contribution in [2.75, 3.05) is 13.1 Å². The largest absolute Gasteiger partial charge is 0.349 e. The highest BCUT2D eigenvalue weighted by Crippen LogP contribution is 2.27. The van der Waals surface area contributed by atoms with Crippen LogP contribution in [0.15, 0.2) is 11.1 Å². The molecule has 29 heavy (non-hydrogen) atoms. The maximum Gasteiger partial charge on any atom is 0.262 e. The number of nitrogens with zero attached hydrogens (tertiary/aromatic N) is 3. The molecule has 0 radical (unpaired) electrons. The van der Waals surface area contributed by atoms with Gasteiger partial charge in [0.25, 0.3) is 11.5 Å². The molecule has 7 nitrogen and oxygen atoms in total. The molecule has 0 unspecified atom stereocenters. The number of fused-ring (bicyclic) bond motifs is 1. The predicted octanol–water partition coefficient (Wildman–Crippen LogP) is 3.09. The molecular weight excluding hydrogens is 388 g/mol. The topological polar surface area (TPSA) is 84.3 Å². The molecule has 1 saturated carbocycles. The second kappa shape index (κ2) is 9.52. The average Bonchev–Trinajstić information content (AvgIpc) is 2.86. The molecule has 0 spiro atoms. The van der Waals surface area contributed by atoms with Gasteiger partial charge in [-0.3, -0.25) is 19.0 Å². The lowest BCUT2D eigenvalue weighted by atomic mass is 10.1. The number of aromatic nitrogens is 2. The first-order chi connectivity index (χ1) is 14.0. The fraction of sp³-hybridized carbons (Fsp3) is 0.619. The smallest absolute Gasteiger partial charge is 0.262 e. The minimum Gasteiger partial charge on any atom is -0.349 e. The molecule has 3 rings (SSSR count). The Labute approximate surface area is 175 Å². The Balaban J connectivity index is 1.85. The number of thiophene rings is 1. The van der Waals surface area contributed by atoms with Gasteiger partial charge in [-0.1, -0.05) is 25.7 Å². The quantitative estimate of drug-likeness (QED) is 0.731. The van der Waals surface area contributed by atoms with Gasteiger partial charge in [-0.25, -0.2) is 4.98 Å². The monoisotopic (exact) mass is 418 g/mol. The van der Waals surface area contributed by atoms with E-state index < -0.39 is 0 Å². The van der Waals surface area contributed by atoms with Gasteiger partial charge in [-0.2, -0.15) is 0 Å². The first-order valence-electron chi connectivity index (χ1n) is 10.5. The maximum absolute atomic E-state index is 13.0. The predicted molar refractivity (Wildman–Crippen MR) is 116 cm³/mol. The third-order valence-electron chi connectivity index (χ3n) is 5.74. The van der Waals surface area contributed by atoms with Gasteiger partial charge in [0.2, 0.25) is 5.91 Å². The van der Waals surface area contributed by atoms with Crippen LogP contribution in [-0.4, -0.2) is 45.4 Å². The Morgan fingerprint density at radius 2 is 1.86 bits per heavy atom. The van der Waals surface area contributed by atoms with E-state index in [1.807, 2.05) is 13.8 Å². The number of likely N-dealkylation sites (N-methyl/N-ethyl adjacent to an activating group) is 1. The summed E-state index contributed by atoms with van der Waals surface area (Å²) in [6.07, 6.45) is 8.16. The van der Waals surface area contributed by atoms with Crippen LogP contribution in [0.2, 0.25) is 0 Å². The summed E-state index contributed by atoms with van der Waals surface area (Å²) in [6, 6.07) is 0.200. The zero-order valence-corrected chi connectivity index (χ0v) is 18.3. The van der Waals surface area contributed by atoms with Gasteiger partial charge >= 0.3 is 0 Å². The highest BCUT2D eigenvalue weighted by molar-refractivity contribution is 7.20. The van der Waals surface area contributed by atoms with Crippen LogP contribution >= 0.6 is 11.3 Å². The number of hydrogen-bond acceptors (Lipinski definition) is 5. The molecule has 0 aromatic carbocycles. The Bertz CT molecular complexity index is 937. The molecule has 0 aliphatic heterocycles. The third-order valence-corrected chi connectivity index (χ3v) is 6.93. The lowest BCUT2D eigenvalue weighted by molar-refractivity contribution is -0.131. The van der Waals surface area contributed by atoms with Gasteiger partial charge in [-0.15, -0.1) is 11.3 Å². The van der Waals surface area contributed by atoms with E-state index in [-0.39, 0.29) is 30.0 Å². The van der Waals surface area contributed by atoms with E-state index in [1.54, 1.807) is 11.8 Å². The second-order valence-electron chi connectivity index (χ2n) is 7.64. The SMILES string of the molecule is CCN(CC)C(=O)Cn1cnc2sc(C(=O)NC3CCCCCC3)c(C)c2c1=O. The molecule has 2 heterocycles. The van der Waals surface area contributed by atoms with E-state index >= 15 is 0 Å². The van der Waals surface area contributed by atoms with Crippen LogP contribution in [-0.2, 0) is 11.3 Å². The summed E-state index contributed by atoms with van der Waals surface area (Å²) < 4.78 is 1.34. The molecule has 2 aromatic rings. The van der Waals surface area contributed by atoms with Crippen LogP contribution in [0.5, 0.6) is 0 Å². The van der Waals surface area contributed by atoms with Gasteiger partial charge in [-0.05, 0) is 39.2 Å². The summed E-state index contributed by atoms with van der Waals surface area (Å²) in [5, 5.41) is 3.59. The molecule has 1 fully saturated rings. The van der Waals surface area contributed by atoms with Crippen LogP contribution in [0.25, 0.3) is 10.2 Å². The molecule has 8 heteroatoms. The Morgan fingerprint density at radius 3 is 2.48 bits per heavy atom. The zero-order chi connectivity index (χ0) is 21.0. The first-order valence-corrected chi connectivity index (χ1v) is 11.3. The average molecular weight is 419 g/mol. The van der Waals surface area contributed by atoms with Crippen molar-refractivity contribution in [3.05, 3.63) is 27.1 Å². The number of amides is 2. The van der Waals surface area contributed by atoms with Crippen molar-refractivity contribution in [3.63, 3.8) is 0 Å². The summed E-state index contributed by atoms with van der Waals surface area (Å²) >= 11 is 1.25. The van der Waals surface area contributed by atoms with Gasteiger partial charge in [0, 0.05) is 19.1 Å². The van der Waals surface area contributed by atoms with Crippen LogP contribution in [0.3, 0.4) is 0 Å². The van der Waals surface area contributed by atoms with Crippen LogP contribution in [0.4, 0.5) is 0 Å². The lowest BCUT2D eigenvalue weighted by Gasteiger charge is -2.18. The molecule has 0 saturated heterocycles. The second-order valence-corrected chi connectivity index (χ2v) is 8.64. The molecule has 2 amide bonds. The van der Waals surface area contributed by atoms with Crippen molar-refractivity contribution in [1.29, 1.82) is 0 Å². The molecule has 158 valence electrons. The number of rotatable bonds is 6. The van der Waals surface area contributed by atoms with E-state index in [0.29, 0.717) is 33.7 Å². The normalized spacial score (nSPS) is 15.3. The number of aryl methyl sites for hydroxylation is 1. The summed E-state index contributed by atoms with van der Waals surface area (Å²) in [6.45, 7) is 6.77. The van der Waals surface area contributed by atoms with E-state index in [9.17, 15) is 14.4 Å². The lowest BCUT2D eigenvalue weighted by Crippen LogP contribution is -2.36. The molecule has 0 atom stereocenters. The molecule has 1 N–H and O–H groups in total. The maximum atomic E-state index is 13.0. The van der Waals surface area contributed by atoms with E-state index in [4.69, 9.17) is 0 Å². The standard InChI is InChI=1S/C21H30N4O3S/c1-4-24(5-2)16(26)12-25-13-22-20-17(21(25)28)14(3)18(29-20)19(27)23-15-10-8-6-7-9-11-15/h13,15H,4-12H2,1-3H3,(H,23,27). The summed E-state index contributed by atoms with van der Waals surface area (Å²) in [5.41, 5.74) is 0.385. The van der Waals surface area contributed by atoms with Crippen LogP contribution in [0, 0.1) is 6.92 Å². The molecular formula is C21H30N4O3S. The highest BCUT2D eigenvalue weighted by Gasteiger charge is 2.23. The molecule has 1 aliphatic rings. The van der Waals surface area contributed by atoms with Crippen LogP contribution in [0.1, 0.15) is 67.6 Å². The van der Waals surface area contributed by atoms with Gasteiger partial charge in [0.1, 0.15) is 11.4 Å².